The van der Waals surface area contributed by atoms with E-state index in [4.69, 9.17) is 0 Å². The first-order valence-corrected chi connectivity index (χ1v) is 6.19. The Morgan fingerprint density at radius 1 is 1.40 bits per heavy atom. The Hall–Kier alpha value is -2.57. The molecule has 0 bridgehead atoms. The monoisotopic (exact) mass is 276 g/mol. The Morgan fingerprint density at radius 3 is 2.65 bits per heavy atom. The van der Waals surface area contributed by atoms with E-state index < -0.39 is 4.92 Å². The molecular weight excluding hydrogens is 260 g/mol. The van der Waals surface area contributed by atoms with Crippen LogP contribution in [0.15, 0.2) is 24.3 Å². The summed E-state index contributed by atoms with van der Waals surface area (Å²) in [5.41, 5.74) is 1.44. The number of hydrogen-bond acceptors (Lipinski definition) is 5. The third kappa shape index (κ3) is 2.87. The van der Waals surface area contributed by atoms with Gasteiger partial charge in [0.2, 0.25) is 5.82 Å². The van der Waals surface area contributed by atoms with Crippen LogP contribution in [0.2, 0.25) is 0 Å². The molecule has 2 aromatic rings. The molecule has 0 amide bonds. The van der Waals surface area contributed by atoms with Crippen molar-refractivity contribution in [3.8, 4) is 5.75 Å². The summed E-state index contributed by atoms with van der Waals surface area (Å²) in [4.78, 5) is 10.6. The van der Waals surface area contributed by atoms with E-state index in [2.05, 4.69) is 10.4 Å². The van der Waals surface area contributed by atoms with E-state index in [1.807, 2.05) is 12.1 Å². The van der Waals surface area contributed by atoms with Crippen molar-refractivity contribution < 1.29 is 10.0 Å². The second-order valence-corrected chi connectivity index (χ2v) is 4.51. The van der Waals surface area contributed by atoms with Crippen molar-refractivity contribution in [2.75, 3.05) is 11.9 Å². The first kappa shape index (κ1) is 13.9. The molecule has 0 saturated carbocycles. The fraction of sp³-hybridized carbons (Fsp3) is 0.308. The number of nitrogens with zero attached hydrogens (tertiary/aromatic N) is 3. The Labute approximate surface area is 116 Å². The minimum Gasteiger partial charge on any atom is -0.508 e. The van der Waals surface area contributed by atoms with Gasteiger partial charge >= 0.3 is 5.69 Å². The van der Waals surface area contributed by atoms with Crippen molar-refractivity contribution in [2.45, 2.75) is 13.3 Å². The Morgan fingerprint density at radius 2 is 2.05 bits per heavy atom. The molecule has 1 heterocycles. The fourth-order valence-corrected chi connectivity index (χ4v) is 2.05. The quantitative estimate of drug-likeness (QED) is 0.643. The summed E-state index contributed by atoms with van der Waals surface area (Å²) < 4.78 is 1.48. The van der Waals surface area contributed by atoms with Crippen LogP contribution in [-0.4, -0.2) is 26.4 Å². The lowest BCUT2D eigenvalue weighted by Gasteiger charge is -2.06. The van der Waals surface area contributed by atoms with Crippen molar-refractivity contribution in [1.29, 1.82) is 0 Å². The first-order valence-electron chi connectivity index (χ1n) is 6.19. The molecule has 0 aliphatic rings. The number of phenolic OH excluding ortho intramolecular Hbond substituents is 1. The van der Waals surface area contributed by atoms with E-state index in [1.165, 1.54) is 4.68 Å². The second-order valence-electron chi connectivity index (χ2n) is 4.51. The minimum atomic E-state index is -0.425. The van der Waals surface area contributed by atoms with Gasteiger partial charge < -0.3 is 10.4 Å². The predicted molar refractivity (Wildman–Crippen MR) is 74.9 cm³/mol. The van der Waals surface area contributed by atoms with Gasteiger partial charge in [-0.2, -0.15) is 5.10 Å². The summed E-state index contributed by atoms with van der Waals surface area (Å²) in [5.74, 6) is 0.630. The highest BCUT2D eigenvalue weighted by Gasteiger charge is 2.23. The zero-order valence-corrected chi connectivity index (χ0v) is 11.3. The molecule has 1 aromatic heterocycles. The van der Waals surface area contributed by atoms with Gasteiger partial charge in [0.05, 0.1) is 4.92 Å². The number of hydrogen-bond donors (Lipinski definition) is 2. The van der Waals surface area contributed by atoms with Crippen LogP contribution in [0.5, 0.6) is 5.75 Å². The SMILES string of the molecule is Cc1nn(C)c(NCCc2ccc(O)cc2)c1[N+](=O)[O-]. The minimum absolute atomic E-state index is 0.0122. The van der Waals surface area contributed by atoms with Crippen LogP contribution >= 0.6 is 0 Å². The number of aromatic hydroxyl groups is 1. The Kier molecular flexibility index (Phi) is 3.88. The molecule has 0 saturated heterocycles. The number of nitro groups is 1. The van der Waals surface area contributed by atoms with Crippen molar-refractivity contribution in [3.05, 3.63) is 45.6 Å². The lowest BCUT2D eigenvalue weighted by molar-refractivity contribution is -0.384. The van der Waals surface area contributed by atoms with Gasteiger partial charge in [0.1, 0.15) is 11.4 Å². The predicted octanol–water partition coefficient (Wildman–Crippen LogP) is 2.00. The Bertz CT molecular complexity index is 619. The van der Waals surface area contributed by atoms with E-state index in [9.17, 15) is 15.2 Å². The molecule has 0 radical (unpaired) electrons. The fourth-order valence-electron chi connectivity index (χ4n) is 2.05. The van der Waals surface area contributed by atoms with Crippen molar-refractivity contribution in [1.82, 2.24) is 9.78 Å². The average Bonchev–Trinajstić information content (AvgIpc) is 2.66. The van der Waals surface area contributed by atoms with Crippen molar-refractivity contribution >= 4 is 11.5 Å². The maximum Gasteiger partial charge on any atom is 0.333 e. The highest BCUT2D eigenvalue weighted by molar-refractivity contribution is 5.59. The van der Waals surface area contributed by atoms with E-state index in [0.717, 1.165) is 5.56 Å². The Balaban J connectivity index is 2.04. The van der Waals surface area contributed by atoms with Crippen LogP contribution < -0.4 is 5.32 Å². The number of aryl methyl sites for hydroxylation is 2. The summed E-state index contributed by atoms with van der Waals surface area (Å²) in [6, 6.07) is 6.87. The standard InChI is InChI=1S/C13H16N4O3/c1-9-12(17(19)20)13(16(2)15-9)14-8-7-10-3-5-11(18)6-4-10/h3-6,14,18H,7-8H2,1-2H3. The summed E-state index contributed by atoms with van der Waals surface area (Å²) >= 11 is 0. The number of anilines is 1. The van der Waals surface area contributed by atoms with Gasteiger partial charge in [-0.1, -0.05) is 12.1 Å². The van der Waals surface area contributed by atoms with Crippen LogP contribution in [0.25, 0.3) is 0 Å². The summed E-state index contributed by atoms with van der Waals surface area (Å²) in [5, 5.41) is 27.3. The molecule has 0 atom stereocenters. The number of nitrogens with one attached hydrogen (secondary N) is 1. The molecule has 7 nitrogen and oxygen atoms in total. The molecule has 0 fully saturated rings. The summed E-state index contributed by atoms with van der Waals surface area (Å²) in [6.07, 6.45) is 0.696. The van der Waals surface area contributed by atoms with E-state index in [1.54, 1.807) is 26.1 Å². The van der Waals surface area contributed by atoms with Crippen LogP contribution in [-0.2, 0) is 13.5 Å². The number of benzene rings is 1. The molecule has 0 unspecified atom stereocenters. The number of rotatable bonds is 5. The van der Waals surface area contributed by atoms with Gasteiger partial charge in [-0.15, -0.1) is 0 Å². The van der Waals surface area contributed by atoms with Gasteiger partial charge in [-0.25, -0.2) is 4.68 Å². The maximum atomic E-state index is 11.0. The van der Waals surface area contributed by atoms with Crippen LogP contribution in [0, 0.1) is 17.0 Å². The summed E-state index contributed by atoms with van der Waals surface area (Å²) in [6.45, 7) is 2.16. The molecule has 0 aliphatic carbocycles. The number of aromatic nitrogens is 2. The normalized spacial score (nSPS) is 10.5. The lowest BCUT2D eigenvalue weighted by atomic mass is 10.1. The topological polar surface area (TPSA) is 93.2 Å². The van der Waals surface area contributed by atoms with Gasteiger partial charge in [-0.05, 0) is 31.0 Å². The van der Waals surface area contributed by atoms with Gasteiger partial charge in [0, 0.05) is 13.6 Å². The molecule has 2 N–H and O–H groups in total. The van der Waals surface area contributed by atoms with Crippen LogP contribution in [0.4, 0.5) is 11.5 Å². The summed E-state index contributed by atoms with van der Waals surface area (Å²) in [7, 11) is 1.67. The molecule has 7 heteroatoms. The highest BCUT2D eigenvalue weighted by Crippen LogP contribution is 2.27. The zero-order valence-electron chi connectivity index (χ0n) is 11.3. The first-order chi connectivity index (χ1) is 9.49. The van der Waals surface area contributed by atoms with Gasteiger partial charge in [0.15, 0.2) is 0 Å². The highest BCUT2D eigenvalue weighted by atomic mass is 16.6. The van der Waals surface area contributed by atoms with E-state index >= 15 is 0 Å². The lowest BCUT2D eigenvalue weighted by Crippen LogP contribution is -2.10. The largest absolute Gasteiger partial charge is 0.508 e. The van der Waals surface area contributed by atoms with Gasteiger partial charge in [-0.3, -0.25) is 10.1 Å². The van der Waals surface area contributed by atoms with Crippen LogP contribution in [0.1, 0.15) is 11.3 Å². The van der Waals surface area contributed by atoms with Gasteiger partial charge in [0.25, 0.3) is 0 Å². The van der Waals surface area contributed by atoms with Crippen molar-refractivity contribution in [3.63, 3.8) is 0 Å². The molecule has 106 valence electrons. The average molecular weight is 276 g/mol. The molecule has 20 heavy (non-hydrogen) atoms. The van der Waals surface area contributed by atoms with Crippen molar-refractivity contribution in [2.24, 2.45) is 7.05 Å². The smallest absolute Gasteiger partial charge is 0.333 e. The molecule has 1 aromatic carbocycles. The van der Waals surface area contributed by atoms with E-state index in [-0.39, 0.29) is 11.4 Å². The molecule has 2 rings (SSSR count). The molecule has 0 aliphatic heterocycles. The third-order valence-electron chi connectivity index (χ3n) is 3.02. The van der Waals surface area contributed by atoms with E-state index in [0.29, 0.717) is 24.5 Å². The second kappa shape index (κ2) is 5.60. The maximum absolute atomic E-state index is 11.0. The third-order valence-corrected chi connectivity index (χ3v) is 3.02. The molecule has 0 spiro atoms. The number of phenols is 1. The van der Waals surface area contributed by atoms with Crippen LogP contribution in [0.3, 0.4) is 0 Å². The molecular formula is C13H16N4O3. The zero-order chi connectivity index (χ0) is 14.7.